The number of halogens is 1. The number of carbonyl (C=O) groups is 1. The first-order chi connectivity index (χ1) is 17.0. The zero-order valence-corrected chi connectivity index (χ0v) is 20.4. The third-order valence-corrected chi connectivity index (χ3v) is 6.73. The first kappa shape index (κ1) is 23.4. The van der Waals surface area contributed by atoms with Crippen molar-refractivity contribution in [2.24, 2.45) is 0 Å². The zero-order chi connectivity index (χ0) is 24.4. The SMILES string of the molecule is CCc1ccc(OC[C@H](O)Cn2c([C@@H]3CC(=O)N(c4ccc(Cl)cc4)C3)nc3ccccc32)cc1. The number of hydrogen-bond donors (Lipinski definition) is 1. The lowest BCUT2D eigenvalue weighted by molar-refractivity contribution is -0.117. The van der Waals surface area contributed by atoms with Gasteiger partial charge in [-0.1, -0.05) is 42.8 Å². The average molecular weight is 490 g/mol. The summed E-state index contributed by atoms with van der Waals surface area (Å²) in [6.07, 6.45) is 0.600. The number of imidazole rings is 1. The summed E-state index contributed by atoms with van der Waals surface area (Å²) >= 11 is 6.02. The minimum atomic E-state index is -0.735. The van der Waals surface area contributed by atoms with Gasteiger partial charge >= 0.3 is 0 Å². The van der Waals surface area contributed by atoms with Crippen LogP contribution in [0.3, 0.4) is 0 Å². The molecule has 7 heteroatoms. The zero-order valence-electron chi connectivity index (χ0n) is 19.6. The van der Waals surface area contributed by atoms with Crippen molar-refractivity contribution >= 4 is 34.2 Å². The van der Waals surface area contributed by atoms with Crippen LogP contribution in [0.2, 0.25) is 5.02 Å². The van der Waals surface area contributed by atoms with E-state index in [1.165, 1.54) is 5.56 Å². The predicted octanol–water partition coefficient (Wildman–Crippen LogP) is 5.21. The maximum atomic E-state index is 12.9. The number of aliphatic hydroxyl groups is 1. The van der Waals surface area contributed by atoms with E-state index >= 15 is 0 Å². The number of rotatable bonds is 8. The van der Waals surface area contributed by atoms with E-state index in [0.29, 0.717) is 24.5 Å². The topological polar surface area (TPSA) is 67.6 Å². The number of carbonyl (C=O) groups excluding carboxylic acids is 1. The Balaban J connectivity index is 1.35. The maximum absolute atomic E-state index is 12.9. The summed E-state index contributed by atoms with van der Waals surface area (Å²) in [5, 5.41) is 11.5. The highest BCUT2D eigenvalue weighted by Gasteiger charge is 2.35. The van der Waals surface area contributed by atoms with E-state index in [9.17, 15) is 9.90 Å². The molecule has 0 radical (unpaired) electrons. The van der Waals surface area contributed by atoms with Crippen molar-refractivity contribution in [1.29, 1.82) is 0 Å². The summed E-state index contributed by atoms with van der Waals surface area (Å²) in [6.45, 7) is 3.13. The molecule has 1 aliphatic rings. The van der Waals surface area contributed by atoms with Gasteiger partial charge in [0.05, 0.1) is 17.6 Å². The Morgan fingerprint density at radius 2 is 1.83 bits per heavy atom. The van der Waals surface area contributed by atoms with Gasteiger partial charge in [-0.25, -0.2) is 4.98 Å². The van der Waals surface area contributed by atoms with Gasteiger partial charge in [0.25, 0.3) is 0 Å². The molecular formula is C28H28ClN3O3. The molecule has 0 spiro atoms. The van der Waals surface area contributed by atoms with Crippen molar-refractivity contribution in [3.05, 3.63) is 89.2 Å². The molecule has 1 aliphatic heterocycles. The number of para-hydroxylation sites is 2. The van der Waals surface area contributed by atoms with E-state index in [-0.39, 0.29) is 18.4 Å². The van der Waals surface area contributed by atoms with Crippen molar-refractivity contribution in [3.8, 4) is 5.75 Å². The summed E-state index contributed by atoms with van der Waals surface area (Å²) in [5.41, 5.74) is 3.85. The van der Waals surface area contributed by atoms with Gasteiger partial charge < -0.3 is 19.3 Å². The molecule has 6 nitrogen and oxygen atoms in total. The van der Waals surface area contributed by atoms with Gasteiger partial charge in [-0.3, -0.25) is 4.79 Å². The van der Waals surface area contributed by atoms with Crippen LogP contribution in [-0.2, 0) is 17.8 Å². The molecular weight excluding hydrogens is 462 g/mol. The molecule has 0 bridgehead atoms. The number of nitrogens with zero attached hydrogens (tertiary/aromatic N) is 3. The average Bonchev–Trinajstić information content (AvgIpc) is 3.44. The third kappa shape index (κ3) is 5.04. The highest BCUT2D eigenvalue weighted by Crippen LogP contribution is 2.33. The van der Waals surface area contributed by atoms with Crippen LogP contribution in [0.1, 0.15) is 30.7 Å². The molecule has 0 saturated carbocycles. The van der Waals surface area contributed by atoms with Crippen LogP contribution in [0.15, 0.2) is 72.8 Å². The lowest BCUT2D eigenvalue weighted by Crippen LogP contribution is -2.26. The van der Waals surface area contributed by atoms with E-state index < -0.39 is 6.10 Å². The fourth-order valence-electron chi connectivity index (χ4n) is 4.63. The second-order valence-electron chi connectivity index (χ2n) is 8.91. The number of benzene rings is 3. The Morgan fingerprint density at radius 3 is 2.57 bits per heavy atom. The van der Waals surface area contributed by atoms with Gasteiger partial charge in [0, 0.05) is 29.6 Å². The Hall–Kier alpha value is -3.35. The molecule has 3 aromatic carbocycles. The third-order valence-electron chi connectivity index (χ3n) is 6.48. The van der Waals surface area contributed by atoms with Crippen LogP contribution in [0.5, 0.6) is 5.75 Å². The Kier molecular flexibility index (Phi) is 6.75. The Bertz CT molecular complexity index is 1320. The molecule has 2 heterocycles. The molecule has 1 N–H and O–H groups in total. The number of fused-ring (bicyclic) bond motifs is 1. The summed E-state index contributed by atoms with van der Waals surface area (Å²) < 4.78 is 7.87. The summed E-state index contributed by atoms with van der Waals surface area (Å²) in [6, 6.07) is 23.1. The molecule has 1 saturated heterocycles. The van der Waals surface area contributed by atoms with Crippen LogP contribution in [0, 0.1) is 0 Å². The monoisotopic (exact) mass is 489 g/mol. The van der Waals surface area contributed by atoms with Crippen molar-refractivity contribution < 1.29 is 14.6 Å². The van der Waals surface area contributed by atoms with E-state index in [4.69, 9.17) is 21.3 Å². The first-order valence-electron chi connectivity index (χ1n) is 11.9. The summed E-state index contributed by atoms with van der Waals surface area (Å²) in [4.78, 5) is 19.5. The Morgan fingerprint density at radius 1 is 1.09 bits per heavy atom. The maximum Gasteiger partial charge on any atom is 0.227 e. The molecule has 5 rings (SSSR count). The summed E-state index contributed by atoms with van der Waals surface area (Å²) in [5.74, 6) is 1.51. The largest absolute Gasteiger partial charge is 0.491 e. The molecule has 4 aromatic rings. The van der Waals surface area contributed by atoms with Gasteiger partial charge in [-0.15, -0.1) is 0 Å². The van der Waals surface area contributed by atoms with Crippen LogP contribution < -0.4 is 9.64 Å². The lowest BCUT2D eigenvalue weighted by Gasteiger charge is -2.19. The van der Waals surface area contributed by atoms with Crippen molar-refractivity contribution in [2.75, 3.05) is 18.1 Å². The molecule has 2 atom stereocenters. The first-order valence-corrected chi connectivity index (χ1v) is 12.3. The number of ether oxygens (including phenoxy) is 1. The number of aliphatic hydroxyl groups excluding tert-OH is 1. The summed E-state index contributed by atoms with van der Waals surface area (Å²) in [7, 11) is 0. The number of hydrogen-bond acceptors (Lipinski definition) is 4. The molecule has 1 fully saturated rings. The van der Waals surface area contributed by atoms with Crippen LogP contribution in [0.4, 0.5) is 5.69 Å². The molecule has 1 amide bonds. The van der Waals surface area contributed by atoms with Crippen LogP contribution >= 0.6 is 11.6 Å². The van der Waals surface area contributed by atoms with Gasteiger partial charge in [-0.2, -0.15) is 0 Å². The highest BCUT2D eigenvalue weighted by molar-refractivity contribution is 6.30. The molecule has 35 heavy (non-hydrogen) atoms. The number of amides is 1. The molecule has 180 valence electrons. The van der Waals surface area contributed by atoms with Crippen molar-refractivity contribution in [2.45, 2.75) is 38.3 Å². The van der Waals surface area contributed by atoms with E-state index in [1.54, 1.807) is 17.0 Å². The van der Waals surface area contributed by atoms with Gasteiger partial charge in [0.15, 0.2) is 0 Å². The quantitative estimate of drug-likeness (QED) is 0.369. The van der Waals surface area contributed by atoms with Crippen LogP contribution in [0.25, 0.3) is 11.0 Å². The fraction of sp³-hybridized carbons (Fsp3) is 0.286. The second-order valence-corrected chi connectivity index (χ2v) is 9.35. The van der Waals surface area contributed by atoms with Crippen LogP contribution in [-0.4, -0.2) is 39.8 Å². The number of aryl methyl sites for hydroxylation is 1. The van der Waals surface area contributed by atoms with Gasteiger partial charge in [0.2, 0.25) is 5.91 Å². The Labute approximate surface area is 209 Å². The second kappa shape index (κ2) is 10.1. The highest BCUT2D eigenvalue weighted by atomic mass is 35.5. The van der Waals surface area contributed by atoms with Gasteiger partial charge in [0.1, 0.15) is 24.3 Å². The van der Waals surface area contributed by atoms with E-state index in [0.717, 1.165) is 34.7 Å². The van der Waals surface area contributed by atoms with Gasteiger partial charge in [-0.05, 0) is 60.5 Å². The van der Waals surface area contributed by atoms with E-state index in [1.807, 2.05) is 65.2 Å². The fourth-order valence-corrected chi connectivity index (χ4v) is 4.75. The smallest absolute Gasteiger partial charge is 0.227 e. The standard InChI is InChI=1S/C28H28ClN3O3/c1-2-19-7-13-24(14-8-19)35-18-23(33)17-32-26-6-4-3-5-25(26)30-28(32)20-15-27(34)31(16-20)22-11-9-21(29)10-12-22/h3-14,20,23,33H,2,15-18H2,1H3/t20-,23-/m1/s1. The minimum absolute atomic E-state index is 0.0512. The molecule has 0 aliphatic carbocycles. The van der Waals surface area contributed by atoms with Crippen molar-refractivity contribution in [3.63, 3.8) is 0 Å². The lowest BCUT2D eigenvalue weighted by atomic mass is 10.1. The number of aromatic nitrogens is 2. The van der Waals surface area contributed by atoms with E-state index in [2.05, 4.69) is 6.92 Å². The number of anilines is 1. The molecule has 0 unspecified atom stereocenters. The minimum Gasteiger partial charge on any atom is -0.491 e. The predicted molar refractivity (Wildman–Crippen MR) is 138 cm³/mol. The normalized spacial score (nSPS) is 16.7. The molecule has 1 aromatic heterocycles. The van der Waals surface area contributed by atoms with Crippen molar-refractivity contribution in [1.82, 2.24) is 9.55 Å².